The zero-order valence-corrected chi connectivity index (χ0v) is 10.6. The van der Waals surface area contributed by atoms with E-state index in [4.69, 9.17) is 12.2 Å². The quantitative estimate of drug-likeness (QED) is 0.678. The molecule has 0 bridgehead atoms. The summed E-state index contributed by atoms with van der Waals surface area (Å²) < 4.78 is 0. The van der Waals surface area contributed by atoms with E-state index in [9.17, 15) is 0 Å². The minimum Gasteiger partial charge on any atom is -0.329 e. The molecule has 0 aliphatic carbocycles. The lowest BCUT2D eigenvalue weighted by Gasteiger charge is -2.42. The third-order valence-corrected chi connectivity index (χ3v) is 3.52. The zero-order valence-electron chi connectivity index (χ0n) is 10.6. The summed E-state index contributed by atoms with van der Waals surface area (Å²) in [5.74, 6) is 2.73. The van der Waals surface area contributed by atoms with Crippen LogP contribution in [-0.4, -0.2) is 42.7 Å². The lowest BCUT2D eigenvalue weighted by atomic mass is 9.86. The third-order valence-electron chi connectivity index (χ3n) is 3.52. The van der Waals surface area contributed by atoms with Gasteiger partial charge in [0, 0.05) is 12.1 Å². The van der Waals surface area contributed by atoms with Crippen molar-refractivity contribution in [2.45, 2.75) is 44.7 Å². The average Bonchev–Trinajstić information content (AvgIpc) is 2.32. The van der Waals surface area contributed by atoms with E-state index in [0.29, 0.717) is 6.54 Å². The second kappa shape index (κ2) is 6.24. The molecule has 1 unspecified atom stereocenters. The van der Waals surface area contributed by atoms with Crippen molar-refractivity contribution in [1.29, 1.82) is 0 Å². The van der Waals surface area contributed by atoms with Gasteiger partial charge in [-0.3, -0.25) is 5.32 Å². The maximum Gasteiger partial charge on any atom is 0.0663 e. The summed E-state index contributed by atoms with van der Waals surface area (Å²) in [6, 6.07) is 0.112. The molecule has 3 heteroatoms. The molecule has 1 aliphatic rings. The first kappa shape index (κ1) is 13.5. The van der Waals surface area contributed by atoms with Crippen LogP contribution in [0.15, 0.2) is 0 Å². The van der Waals surface area contributed by atoms with Gasteiger partial charge in [0.25, 0.3) is 0 Å². The zero-order chi connectivity index (χ0) is 12.0. The van der Waals surface area contributed by atoms with Gasteiger partial charge in [0.1, 0.15) is 0 Å². The molecule has 0 saturated carbocycles. The molecule has 0 spiro atoms. The third kappa shape index (κ3) is 3.48. The molecule has 0 aromatic carbocycles. The van der Waals surface area contributed by atoms with Crippen molar-refractivity contribution in [1.82, 2.24) is 10.2 Å². The maximum absolute atomic E-state index is 5.91. The van der Waals surface area contributed by atoms with Gasteiger partial charge in [-0.05, 0) is 45.8 Å². The lowest BCUT2D eigenvalue weighted by molar-refractivity contribution is 0.136. The van der Waals surface area contributed by atoms with Crippen LogP contribution in [0.5, 0.6) is 0 Å². The molecule has 0 aromatic rings. The molecular formula is C13H25N3. The van der Waals surface area contributed by atoms with Crippen molar-refractivity contribution in [3.05, 3.63) is 0 Å². The van der Waals surface area contributed by atoms with Crippen LogP contribution in [0, 0.1) is 12.3 Å². The summed E-state index contributed by atoms with van der Waals surface area (Å²) in [5, 5.41) is 3.51. The number of terminal acetylenes is 1. The summed E-state index contributed by atoms with van der Waals surface area (Å²) >= 11 is 0. The van der Waals surface area contributed by atoms with E-state index in [2.05, 4.69) is 23.1 Å². The lowest BCUT2D eigenvalue weighted by Crippen LogP contribution is -2.59. The average molecular weight is 223 g/mol. The number of piperidine rings is 1. The van der Waals surface area contributed by atoms with Gasteiger partial charge in [-0.25, -0.2) is 0 Å². The second-order valence-corrected chi connectivity index (χ2v) is 4.86. The molecule has 1 rings (SSSR count). The number of hydrogen-bond donors (Lipinski definition) is 2. The molecule has 1 aliphatic heterocycles. The molecule has 3 nitrogen and oxygen atoms in total. The van der Waals surface area contributed by atoms with Gasteiger partial charge in [0.2, 0.25) is 0 Å². The van der Waals surface area contributed by atoms with Gasteiger partial charge < -0.3 is 10.6 Å². The van der Waals surface area contributed by atoms with Crippen LogP contribution in [0.1, 0.15) is 33.1 Å². The topological polar surface area (TPSA) is 41.3 Å². The summed E-state index contributed by atoms with van der Waals surface area (Å²) in [6.07, 6.45) is 8.85. The fourth-order valence-corrected chi connectivity index (χ4v) is 2.43. The van der Waals surface area contributed by atoms with Crippen molar-refractivity contribution < 1.29 is 0 Å². The predicted molar refractivity (Wildman–Crippen MR) is 69.2 cm³/mol. The molecule has 0 aromatic heterocycles. The minimum absolute atomic E-state index is 0.0655. The number of likely N-dealkylation sites (tertiary alicyclic amines) is 1. The highest BCUT2D eigenvalue weighted by Crippen LogP contribution is 2.22. The Bertz CT molecular complexity index is 236. The van der Waals surface area contributed by atoms with E-state index < -0.39 is 0 Å². The molecule has 1 saturated heterocycles. The number of nitrogens with zero attached hydrogens (tertiary/aromatic N) is 1. The van der Waals surface area contributed by atoms with Crippen LogP contribution in [0.25, 0.3) is 0 Å². The first-order valence-electron chi connectivity index (χ1n) is 6.32. The van der Waals surface area contributed by atoms with Gasteiger partial charge in [0.05, 0.1) is 6.04 Å². The molecule has 0 amide bonds. The van der Waals surface area contributed by atoms with Gasteiger partial charge in [0.15, 0.2) is 0 Å². The van der Waals surface area contributed by atoms with Crippen molar-refractivity contribution in [3.63, 3.8) is 0 Å². The van der Waals surface area contributed by atoms with Crippen molar-refractivity contribution in [2.24, 2.45) is 5.73 Å². The van der Waals surface area contributed by atoms with Crippen molar-refractivity contribution in [3.8, 4) is 12.3 Å². The van der Waals surface area contributed by atoms with Gasteiger partial charge in [-0.2, -0.15) is 0 Å². The molecule has 1 heterocycles. The molecule has 3 N–H and O–H groups in total. The maximum atomic E-state index is 5.91. The Balaban J connectivity index is 2.48. The molecule has 16 heavy (non-hydrogen) atoms. The molecule has 0 radical (unpaired) electrons. The number of nitrogens with one attached hydrogen (secondary N) is 1. The number of rotatable bonds is 5. The van der Waals surface area contributed by atoms with Crippen LogP contribution in [-0.2, 0) is 0 Å². The fourth-order valence-electron chi connectivity index (χ4n) is 2.43. The Morgan fingerprint density at radius 1 is 1.50 bits per heavy atom. The van der Waals surface area contributed by atoms with Crippen LogP contribution >= 0.6 is 0 Å². The van der Waals surface area contributed by atoms with E-state index in [1.807, 2.05) is 6.92 Å². The highest BCUT2D eigenvalue weighted by atomic mass is 15.2. The van der Waals surface area contributed by atoms with Crippen LogP contribution < -0.4 is 11.1 Å². The summed E-state index contributed by atoms with van der Waals surface area (Å²) in [6.45, 7) is 8.40. The van der Waals surface area contributed by atoms with E-state index in [1.54, 1.807) is 0 Å². The molecule has 92 valence electrons. The van der Waals surface area contributed by atoms with Crippen LogP contribution in [0.3, 0.4) is 0 Å². The summed E-state index contributed by atoms with van der Waals surface area (Å²) in [7, 11) is 0. The van der Waals surface area contributed by atoms with Crippen LogP contribution in [0.2, 0.25) is 0 Å². The van der Waals surface area contributed by atoms with E-state index in [-0.39, 0.29) is 11.6 Å². The largest absolute Gasteiger partial charge is 0.329 e. The molecule has 1 fully saturated rings. The highest BCUT2D eigenvalue weighted by molar-refractivity contribution is 5.03. The SMILES string of the molecule is C#CC(C)NC1(CN)CCN(CCC)CC1. The Morgan fingerprint density at radius 3 is 2.56 bits per heavy atom. The highest BCUT2D eigenvalue weighted by Gasteiger charge is 2.33. The monoisotopic (exact) mass is 223 g/mol. The van der Waals surface area contributed by atoms with Gasteiger partial charge >= 0.3 is 0 Å². The fraction of sp³-hybridized carbons (Fsp3) is 0.846. The van der Waals surface area contributed by atoms with Crippen molar-refractivity contribution in [2.75, 3.05) is 26.2 Å². The molecular weight excluding hydrogens is 198 g/mol. The van der Waals surface area contributed by atoms with Gasteiger partial charge in [-0.1, -0.05) is 12.8 Å². The Kier molecular flexibility index (Phi) is 5.27. The van der Waals surface area contributed by atoms with Crippen molar-refractivity contribution >= 4 is 0 Å². The summed E-state index contributed by atoms with van der Waals surface area (Å²) in [5.41, 5.74) is 5.98. The normalized spacial score (nSPS) is 22.6. The molecule has 1 atom stereocenters. The Labute approximate surface area is 99.8 Å². The first-order chi connectivity index (χ1) is 7.65. The number of nitrogens with two attached hydrogens (primary N) is 1. The standard InChI is InChI=1S/C13H25N3/c1-4-8-16-9-6-13(11-14,7-10-16)15-12(3)5-2/h2,12,15H,4,6-11,14H2,1,3H3. The van der Waals surface area contributed by atoms with E-state index in [0.717, 1.165) is 25.9 Å². The smallest absolute Gasteiger partial charge is 0.0663 e. The van der Waals surface area contributed by atoms with E-state index >= 15 is 0 Å². The first-order valence-corrected chi connectivity index (χ1v) is 6.32. The van der Waals surface area contributed by atoms with Gasteiger partial charge in [-0.15, -0.1) is 6.42 Å². The summed E-state index contributed by atoms with van der Waals surface area (Å²) in [4.78, 5) is 2.51. The Morgan fingerprint density at radius 2 is 2.12 bits per heavy atom. The van der Waals surface area contributed by atoms with E-state index in [1.165, 1.54) is 13.0 Å². The minimum atomic E-state index is 0.0655. The number of hydrogen-bond acceptors (Lipinski definition) is 3. The second-order valence-electron chi connectivity index (χ2n) is 4.86. The predicted octanol–water partition coefficient (Wildman–Crippen LogP) is 0.801. The Hall–Kier alpha value is -0.560. The van der Waals surface area contributed by atoms with Crippen LogP contribution in [0.4, 0.5) is 0 Å².